The van der Waals surface area contributed by atoms with E-state index in [1.165, 1.54) is 0 Å². The third-order valence-electron chi connectivity index (χ3n) is 1.29. The molecule has 6 N–H and O–H groups in total. The molecule has 0 unspecified atom stereocenters. The zero-order chi connectivity index (χ0) is 19.5. The molecule has 0 aromatic rings. The summed E-state index contributed by atoms with van der Waals surface area (Å²) < 4.78 is 15.2. The first-order valence-electron chi connectivity index (χ1n) is 6.13. The zero-order valence-electron chi connectivity index (χ0n) is 17.3. The molecule has 0 spiro atoms. The van der Waals surface area contributed by atoms with Gasteiger partial charge in [0.25, 0.3) is 17.9 Å². The topological polar surface area (TPSA) is 178 Å². The molecule has 143 valence electrons. The van der Waals surface area contributed by atoms with Crippen LogP contribution in [0.15, 0.2) is 0 Å². The number of nitrogens with one attached hydrogen (secondary N) is 1. The van der Waals surface area contributed by atoms with Gasteiger partial charge < -0.3 is 34.3 Å². The zero-order valence-corrected chi connectivity index (χ0v) is 24.3. The summed E-state index contributed by atoms with van der Waals surface area (Å²) in [5.41, 5.74) is 5.29. The quantitative estimate of drug-likeness (QED) is 0.296. The molecule has 0 atom stereocenters. The van der Waals surface area contributed by atoms with Crippen LogP contribution in [0.4, 0.5) is 0 Å². The molecule has 0 aliphatic heterocycles. The number of carboxylic acid groups (broad SMARTS) is 3. The van der Waals surface area contributed by atoms with Gasteiger partial charge in [0.1, 0.15) is 0 Å². The van der Waals surface area contributed by atoms with E-state index in [0.717, 1.165) is 20.8 Å². The Balaban J connectivity index is -0.0000000409. The first-order chi connectivity index (χ1) is 10.4. The van der Waals surface area contributed by atoms with E-state index in [-0.39, 0.29) is 88.7 Å². The minimum Gasteiger partial charge on any atom is -0.481 e. The molecule has 0 fully saturated rings. The maximum Gasteiger partial charge on any atom is 0.596 e. The van der Waals surface area contributed by atoms with Crippen LogP contribution in [0.5, 0.6) is 0 Å². The van der Waals surface area contributed by atoms with Crippen molar-refractivity contribution in [3.05, 3.63) is 0 Å². The molecule has 0 aromatic heterocycles. The Hall–Kier alpha value is 1.43. The van der Waals surface area contributed by atoms with E-state index >= 15 is 0 Å². The molecule has 11 nitrogen and oxygen atoms in total. The number of carbonyl (C=O) groups is 3. The van der Waals surface area contributed by atoms with Crippen molar-refractivity contribution in [2.24, 2.45) is 5.73 Å². The van der Waals surface area contributed by atoms with Gasteiger partial charge in [-0.2, -0.15) is 0 Å². The van der Waals surface area contributed by atoms with Gasteiger partial charge in [0, 0.05) is 144 Å². The van der Waals surface area contributed by atoms with Crippen molar-refractivity contribution in [3.63, 3.8) is 0 Å². The predicted octanol–water partition coefficient (Wildman–Crippen LogP) is -1.96. The van der Waals surface area contributed by atoms with Crippen LogP contribution < -0.4 is 10.7 Å². The Labute approximate surface area is 222 Å². The van der Waals surface area contributed by atoms with Crippen molar-refractivity contribution in [3.8, 4) is 0 Å². The molecule has 0 aromatic carbocycles. The molecular weight excluding hydrogens is 401 g/mol. The summed E-state index contributed by atoms with van der Waals surface area (Å²) in [5, 5.41) is 22.2. The van der Waals surface area contributed by atoms with Crippen LogP contribution in [0, 0.1) is 0 Å². The van der Waals surface area contributed by atoms with Crippen LogP contribution in [0.3, 0.4) is 0 Å². The summed E-state index contributed by atoms with van der Waals surface area (Å²) in [6.45, 7) is 4.41. The first-order valence-corrected chi connectivity index (χ1v) is 7.86. The van der Waals surface area contributed by atoms with Gasteiger partial charge in [-0.1, -0.05) is 0 Å². The number of hydrogen-bond donors (Lipinski definition) is 5. The Morgan fingerprint density at radius 1 is 0.808 bits per heavy atom. The number of nitrogens with two attached hydrogens (primary N) is 1. The van der Waals surface area contributed by atoms with Crippen LogP contribution in [-0.4, -0.2) is 165 Å². The second-order valence-corrected chi connectivity index (χ2v) is 6.13. The molecule has 0 saturated carbocycles. The molecular formula is C11H28N2Na3O9Si. The van der Waals surface area contributed by atoms with Gasteiger partial charge >= 0.3 is 8.97 Å². The van der Waals surface area contributed by atoms with E-state index in [1.54, 1.807) is 21.3 Å². The second-order valence-electron chi connectivity index (χ2n) is 3.44. The number of rotatable bonds is 6. The summed E-state index contributed by atoms with van der Waals surface area (Å²) in [6, 6.07) is 0. The second kappa shape index (κ2) is 34.0. The van der Waals surface area contributed by atoms with E-state index in [9.17, 15) is 0 Å². The molecule has 0 bridgehead atoms. The van der Waals surface area contributed by atoms with Gasteiger partial charge in [0.15, 0.2) is 0 Å². The Bertz CT molecular complexity index is 276. The predicted molar refractivity (Wildman–Crippen MR) is 101 cm³/mol. The van der Waals surface area contributed by atoms with Crippen LogP contribution in [-0.2, 0) is 27.7 Å². The molecule has 0 heterocycles. The molecule has 0 amide bonds. The van der Waals surface area contributed by atoms with E-state index < -0.39 is 26.9 Å². The minimum atomic E-state index is -2.57. The fraction of sp³-hybridized carbons (Fsp3) is 0.727. The van der Waals surface area contributed by atoms with Crippen molar-refractivity contribution < 1.29 is 43.0 Å². The fourth-order valence-corrected chi connectivity index (χ4v) is 2.08. The minimum absolute atomic E-state index is 0. The van der Waals surface area contributed by atoms with Gasteiger partial charge in [-0.3, -0.25) is 19.4 Å². The van der Waals surface area contributed by atoms with Crippen molar-refractivity contribution >= 4 is 116 Å². The van der Waals surface area contributed by atoms with Crippen LogP contribution in [0.1, 0.15) is 20.8 Å². The van der Waals surface area contributed by atoms with Gasteiger partial charge in [-0.15, -0.1) is 0 Å². The first kappa shape index (κ1) is 45.9. The monoisotopic (exact) mass is 429 g/mol. The van der Waals surface area contributed by atoms with Gasteiger partial charge in [0.05, 0.1) is 0 Å². The molecule has 0 aliphatic rings. The smallest absolute Gasteiger partial charge is 0.481 e. The normalized spacial score (nSPS) is 7.96. The molecule has 0 aliphatic carbocycles. The average Bonchev–Trinajstić information content (AvgIpc) is 2.39. The Kier molecular flexibility index (Phi) is 60.0. The maximum absolute atomic E-state index is 9.00. The van der Waals surface area contributed by atoms with Crippen LogP contribution in [0.2, 0.25) is 0 Å². The molecule has 3 radical (unpaired) electrons. The largest absolute Gasteiger partial charge is 0.596 e. The van der Waals surface area contributed by atoms with Gasteiger partial charge in [0.2, 0.25) is 0 Å². The summed E-state index contributed by atoms with van der Waals surface area (Å²) >= 11 is 0. The number of aliphatic carboxylic acids is 3. The molecule has 0 rings (SSSR count). The van der Waals surface area contributed by atoms with Crippen molar-refractivity contribution in [1.29, 1.82) is 0 Å². The number of carboxylic acids is 3. The van der Waals surface area contributed by atoms with Crippen LogP contribution >= 0.6 is 0 Å². The third kappa shape index (κ3) is 63.7. The Morgan fingerprint density at radius 2 is 1.00 bits per heavy atom. The van der Waals surface area contributed by atoms with E-state index in [1.807, 2.05) is 0 Å². The van der Waals surface area contributed by atoms with E-state index in [0.29, 0.717) is 13.1 Å². The maximum atomic E-state index is 9.00. The van der Waals surface area contributed by atoms with Gasteiger partial charge in [-0.25, -0.2) is 0 Å². The van der Waals surface area contributed by atoms with E-state index in [2.05, 4.69) is 4.98 Å². The molecule has 15 heteroatoms. The van der Waals surface area contributed by atoms with Crippen molar-refractivity contribution in [1.82, 2.24) is 4.98 Å². The SMILES string of the molecule is CC(=O)O.CC(=O)O.CC(=O)O.CO[Si](NCCN)(OC)OC.[Na].[Na].[Na]. The van der Waals surface area contributed by atoms with Crippen molar-refractivity contribution in [2.45, 2.75) is 20.8 Å². The standard InChI is InChI=1S/C5H16N2O3Si.3C2H4O2.3Na/c1-8-11(9-2,10-3)7-5-4-6;3*1-2(3)4;;;/h7H,4-6H2,1-3H3;3*1H3,(H,3,4);;;. The summed E-state index contributed by atoms with van der Waals surface area (Å²) in [7, 11) is 2.06. The summed E-state index contributed by atoms with van der Waals surface area (Å²) in [5.74, 6) is -2.50. The number of hydrogen-bond acceptors (Lipinski definition) is 8. The fourth-order valence-electron chi connectivity index (χ4n) is 0.692. The van der Waals surface area contributed by atoms with Crippen molar-refractivity contribution in [2.75, 3.05) is 34.4 Å². The van der Waals surface area contributed by atoms with Gasteiger partial charge in [-0.05, 0) is 0 Å². The third-order valence-corrected chi connectivity index (χ3v) is 3.59. The molecule has 26 heavy (non-hydrogen) atoms. The van der Waals surface area contributed by atoms with E-state index in [4.69, 9.17) is 48.7 Å². The summed E-state index contributed by atoms with van der Waals surface area (Å²) in [6.07, 6.45) is 0. The summed E-state index contributed by atoms with van der Waals surface area (Å²) in [4.78, 5) is 30.0. The molecule has 0 saturated heterocycles. The van der Waals surface area contributed by atoms with Crippen LogP contribution in [0.25, 0.3) is 0 Å². The Morgan fingerprint density at radius 3 is 1.12 bits per heavy atom. The average molecular weight is 429 g/mol.